The Bertz CT molecular complexity index is 1070. The summed E-state index contributed by atoms with van der Waals surface area (Å²) in [5.74, 6) is 0.871. The molecule has 0 unspecified atom stereocenters. The minimum absolute atomic E-state index is 0.137. The maximum atomic E-state index is 12.2. The molecule has 0 spiro atoms. The quantitative estimate of drug-likeness (QED) is 0.541. The topological polar surface area (TPSA) is 73.8 Å². The fourth-order valence-electron chi connectivity index (χ4n) is 2.58. The summed E-state index contributed by atoms with van der Waals surface area (Å²) in [4.78, 5) is 17.4. The molecule has 130 valence electrons. The average Bonchev–Trinajstić information content (AvgIpc) is 3.35. The van der Waals surface area contributed by atoms with E-state index in [9.17, 15) is 4.79 Å². The number of rotatable bonds is 5. The number of nitrogens with zero attached hydrogens (tertiary/aromatic N) is 4. The SMILES string of the molecule is CCc1ccc(-c2ccc(=O)n(Cc3nc(-c4cccs4)no3)n2)cc1. The largest absolute Gasteiger partial charge is 0.337 e. The van der Waals surface area contributed by atoms with Crippen LogP contribution in [0.1, 0.15) is 18.4 Å². The van der Waals surface area contributed by atoms with Crippen LogP contribution < -0.4 is 5.56 Å². The van der Waals surface area contributed by atoms with E-state index in [0.29, 0.717) is 11.7 Å². The Balaban J connectivity index is 1.61. The zero-order valence-corrected chi connectivity index (χ0v) is 14.9. The van der Waals surface area contributed by atoms with E-state index in [1.165, 1.54) is 27.6 Å². The number of hydrogen-bond acceptors (Lipinski definition) is 6. The molecule has 0 radical (unpaired) electrons. The highest BCUT2D eigenvalue weighted by Crippen LogP contribution is 2.21. The van der Waals surface area contributed by atoms with Crippen LogP contribution in [-0.2, 0) is 13.0 Å². The summed E-state index contributed by atoms with van der Waals surface area (Å²) in [6.07, 6.45) is 0.983. The summed E-state index contributed by atoms with van der Waals surface area (Å²) >= 11 is 1.53. The number of benzene rings is 1. The van der Waals surface area contributed by atoms with Gasteiger partial charge in [0.15, 0.2) is 0 Å². The number of aromatic nitrogens is 4. The fourth-order valence-corrected chi connectivity index (χ4v) is 3.23. The highest BCUT2D eigenvalue weighted by molar-refractivity contribution is 7.13. The van der Waals surface area contributed by atoms with Crippen molar-refractivity contribution in [1.29, 1.82) is 0 Å². The monoisotopic (exact) mass is 364 g/mol. The van der Waals surface area contributed by atoms with Gasteiger partial charge >= 0.3 is 0 Å². The summed E-state index contributed by atoms with van der Waals surface area (Å²) in [5, 5.41) is 10.4. The second-order valence-corrected chi connectivity index (χ2v) is 6.70. The van der Waals surface area contributed by atoms with Gasteiger partial charge in [0.25, 0.3) is 5.56 Å². The molecule has 7 heteroatoms. The van der Waals surface area contributed by atoms with Gasteiger partial charge in [0, 0.05) is 11.6 Å². The Morgan fingerprint density at radius 2 is 1.96 bits per heavy atom. The molecule has 1 aromatic carbocycles. The first-order valence-electron chi connectivity index (χ1n) is 8.27. The number of hydrogen-bond donors (Lipinski definition) is 0. The molecule has 3 heterocycles. The predicted molar refractivity (Wildman–Crippen MR) is 100 cm³/mol. The maximum Gasteiger partial charge on any atom is 0.267 e. The van der Waals surface area contributed by atoms with Gasteiger partial charge in [-0.15, -0.1) is 11.3 Å². The van der Waals surface area contributed by atoms with Crippen LogP contribution in [0.2, 0.25) is 0 Å². The molecule has 3 aromatic heterocycles. The molecule has 0 bridgehead atoms. The zero-order chi connectivity index (χ0) is 17.9. The molecule has 0 saturated heterocycles. The van der Waals surface area contributed by atoms with Crippen LogP contribution >= 0.6 is 11.3 Å². The van der Waals surface area contributed by atoms with Crippen LogP contribution in [0.5, 0.6) is 0 Å². The van der Waals surface area contributed by atoms with Gasteiger partial charge in [-0.3, -0.25) is 4.79 Å². The molecule has 0 amide bonds. The Labute approximate surface area is 153 Å². The van der Waals surface area contributed by atoms with Crippen LogP contribution in [0.3, 0.4) is 0 Å². The Morgan fingerprint density at radius 3 is 2.69 bits per heavy atom. The standard InChI is InChI=1S/C19H16N4O2S/c1-2-13-5-7-14(8-6-13)15-9-10-18(24)23(21-15)12-17-20-19(22-25-17)16-4-3-11-26-16/h3-11H,2,12H2,1H3. The Kier molecular flexibility index (Phi) is 4.45. The lowest BCUT2D eigenvalue weighted by molar-refractivity contribution is 0.363. The summed E-state index contributed by atoms with van der Waals surface area (Å²) in [7, 11) is 0. The molecular weight excluding hydrogens is 348 g/mol. The first kappa shape index (κ1) is 16.4. The molecule has 0 aliphatic carbocycles. The lowest BCUT2D eigenvalue weighted by Gasteiger charge is -2.06. The third-order valence-electron chi connectivity index (χ3n) is 4.02. The lowest BCUT2D eigenvalue weighted by atomic mass is 10.1. The molecule has 0 N–H and O–H groups in total. The van der Waals surface area contributed by atoms with E-state index in [1.54, 1.807) is 6.07 Å². The molecule has 4 rings (SSSR count). The van der Waals surface area contributed by atoms with E-state index in [1.807, 2.05) is 29.6 Å². The molecular formula is C19H16N4O2S. The zero-order valence-electron chi connectivity index (χ0n) is 14.1. The average molecular weight is 364 g/mol. The van der Waals surface area contributed by atoms with Crippen molar-refractivity contribution in [3.63, 3.8) is 0 Å². The summed E-state index contributed by atoms with van der Waals surface area (Å²) in [6, 6.07) is 15.2. The van der Waals surface area contributed by atoms with E-state index in [0.717, 1.165) is 22.6 Å². The van der Waals surface area contributed by atoms with Crippen LogP contribution in [0.15, 0.2) is 63.2 Å². The van der Waals surface area contributed by atoms with Gasteiger partial charge in [0.05, 0.1) is 10.6 Å². The van der Waals surface area contributed by atoms with Crippen molar-refractivity contribution in [3.05, 3.63) is 75.7 Å². The molecule has 6 nitrogen and oxygen atoms in total. The maximum absolute atomic E-state index is 12.2. The Hall–Kier alpha value is -3.06. The van der Waals surface area contributed by atoms with Crippen molar-refractivity contribution in [1.82, 2.24) is 19.9 Å². The fraction of sp³-hybridized carbons (Fsp3) is 0.158. The first-order valence-corrected chi connectivity index (χ1v) is 9.15. The van der Waals surface area contributed by atoms with Crippen molar-refractivity contribution in [3.8, 4) is 22.0 Å². The number of thiophene rings is 1. The molecule has 26 heavy (non-hydrogen) atoms. The molecule has 0 saturated carbocycles. The van der Waals surface area contributed by atoms with Gasteiger partial charge < -0.3 is 4.52 Å². The summed E-state index contributed by atoms with van der Waals surface area (Å²) < 4.78 is 6.61. The smallest absolute Gasteiger partial charge is 0.267 e. The van der Waals surface area contributed by atoms with Gasteiger partial charge in [-0.2, -0.15) is 10.1 Å². The predicted octanol–water partition coefficient (Wildman–Crippen LogP) is 3.63. The van der Waals surface area contributed by atoms with Gasteiger partial charge in [-0.25, -0.2) is 4.68 Å². The lowest BCUT2D eigenvalue weighted by Crippen LogP contribution is -2.23. The van der Waals surface area contributed by atoms with Crippen molar-refractivity contribution < 1.29 is 4.52 Å². The van der Waals surface area contributed by atoms with E-state index >= 15 is 0 Å². The van der Waals surface area contributed by atoms with Crippen LogP contribution in [0.4, 0.5) is 0 Å². The van der Waals surface area contributed by atoms with Crippen LogP contribution in [-0.4, -0.2) is 19.9 Å². The van der Waals surface area contributed by atoms with Gasteiger partial charge in [-0.05, 0) is 29.5 Å². The van der Waals surface area contributed by atoms with Crippen molar-refractivity contribution in [2.45, 2.75) is 19.9 Å². The molecule has 0 aliphatic rings. The highest BCUT2D eigenvalue weighted by atomic mass is 32.1. The third-order valence-corrected chi connectivity index (χ3v) is 4.89. The van der Waals surface area contributed by atoms with Gasteiger partial charge in [0.1, 0.15) is 6.54 Å². The Morgan fingerprint density at radius 1 is 1.12 bits per heavy atom. The second-order valence-electron chi connectivity index (χ2n) is 5.75. The van der Waals surface area contributed by atoms with E-state index in [-0.39, 0.29) is 12.1 Å². The minimum atomic E-state index is -0.213. The number of aryl methyl sites for hydroxylation is 1. The molecule has 4 aromatic rings. The van der Waals surface area contributed by atoms with Crippen molar-refractivity contribution >= 4 is 11.3 Å². The van der Waals surface area contributed by atoms with Crippen molar-refractivity contribution in [2.75, 3.05) is 0 Å². The first-order chi connectivity index (χ1) is 12.7. The molecule has 0 aliphatic heterocycles. The van der Waals surface area contributed by atoms with Crippen LogP contribution in [0, 0.1) is 0 Å². The third kappa shape index (κ3) is 3.34. The van der Waals surface area contributed by atoms with E-state index in [4.69, 9.17) is 4.52 Å². The van der Waals surface area contributed by atoms with Gasteiger partial charge in [-0.1, -0.05) is 42.4 Å². The van der Waals surface area contributed by atoms with Crippen molar-refractivity contribution in [2.24, 2.45) is 0 Å². The van der Waals surface area contributed by atoms with Gasteiger partial charge in [0.2, 0.25) is 11.7 Å². The summed E-state index contributed by atoms with van der Waals surface area (Å²) in [6.45, 7) is 2.25. The van der Waals surface area contributed by atoms with Crippen LogP contribution in [0.25, 0.3) is 22.0 Å². The summed E-state index contributed by atoms with van der Waals surface area (Å²) in [5.41, 5.74) is 2.73. The minimum Gasteiger partial charge on any atom is -0.337 e. The highest BCUT2D eigenvalue weighted by Gasteiger charge is 2.12. The van der Waals surface area contributed by atoms with E-state index < -0.39 is 0 Å². The molecule has 0 fully saturated rings. The normalized spacial score (nSPS) is 11.0. The second kappa shape index (κ2) is 7.05. The molecule has 0 atom stereocenters. The van der Waals surface area contributed by atoms with E-state index in [2.05, 4.69) is 34.3 Å².